The van der Waals surface area contributed by atoms with Crippen molar-refractivity contribution in [1.29, 1.82) is 0 Å². The van der Waals surface area contributed by atoms with Gasteiger partial charge in [0.2, 0.25) is 6.79 Å². The second kappa shape index (κ2) is 6.49. The van der Waals surface area contributed by atoms with E-state index in [4.69, 9.17) is 9.47 Å². The SMILES string of the molecule is CC(CNCc1cc(Br)c2c(c1)OCO2)Cn1ccnc1. The van der Waals surface area contributed by atoms with Gasteiger partial charge in [-0.3, -0.25) is 0 Å². The summed E-state index contributed by atoms with van der Waals surface area (Å²) < 4.78 is 13.9. The Morgan fingerprint density at radius 2 is 2.33 bits per heavy atom. The molecule has 2 heterocycles. The molecule has 0 radical (unpaired) electrons. The molecule has 0 aliphatic carbocycles. The Hall–Kier alpha value is -1.53. The van der Waals surface area contributed by atoms with Crippen LogP contribution >= 0.6 is 15.9 Å². The molecule has 0 saturated carbocycles. The Kier molecular flexibility index (Phi) is 4.45. The van der Waals surface area contributed by atoms with Crippen molar-refractivity contribution in [2.45, 2.75) is 20.0 Å². The fourth-order valence-electron chi connectivity index (χ4n) is 2.40. The Labute approximate surface area is 132 Å². The molecule has 0 amide bonds. The van der Waals surface area contributed by atoms with Gasteiger partial charge in [0, 0.05) is 25.5 Å². The maximum Gasteiger partial charge on any atom is 0.231 e. The van der Waals surface area contributed by atoms with E-state index in [1.54, 1.807) is 0 Å². The summed E-state index contributed by atoms with van der Waals surface area (Å²) in [5.41, 5.74) is 1.18. The summed E-state index contributed by atoms with van der Waals surface area (Å²) in [5.74, 6) is 2.15. The van der Waals surface area contributed by atoms with Gasteiger partial charge in [0.05, 0.1) is 10.8 Å². The molecule has 0 bridgehead atoms. The topological polar surface area (TPSA) is 48.3 Å². The molecule has 1 aliphatic rings. The highest BCUT2D eigenvalue weighted by Crippen LogP contribution is 2.39. The summed E-state index contributed by atoms with van der Waals surface area (Å²) in [7, 11) is 0. The number of benzene rings is 1. The van der Waals surface area contributed by atoms with Gasteiger partial charge in [0.15, 0.2) is 11.5 Å². The van der Waals surface area contributed by atoms with E-state index in [0.717, 1.165) is 35.6 Å². The fourth-order valence-corrected chi connectivity index (χ4v) is 3.01. The molecule has 1 atom stereocenters. The largest absolute Gasteiger partial charge is 0.454 e. The van der Waals surface area contributed by atoms with E-state index >= 15 is 0 Å². The van der Waals surface area contributed by atoms with Crippen molar-refractivity contribution < 1.29 is 9.47 Å². The first-order chi connectivity index (χ1) is 10.2. The normalized spacial score (nSPS) is 14.4. The standard InChI is InChI=1S/C15H18BrN3O2/c1-11(8-19-3-2-17-9-19)6-18-7-12-4-13(16)15-14(5-12)20-10-21-15/h2-5,9,11,18H,6-8,10H2,1H3. The fraction of sp³-hybridized carbons (Fsp3) is 0.400. The van der Waals surface area contributed by atoms with Crippen LogP contribution in [0.4, 0.5) is 0 Å². The van der Waals surface area contributed by atoms with E-state index < -0.39 is 0 Å². The molecule has 21 heavy (non-hydrogen) atoms. The smallest absolute Gasteiger partial charge is 0.231 e. The zero-order valence-corrected chi connectivity index (χ0v) is 13.5. The summed E-state index contributed by atoms with van der Waals surface area (Å²) >= 11 is 3.52. The number of fused-ring (bicyclic) bond motifs is 1. The van der Waals surface area contributed by atoms with E-state index in [9.17, 15) is 0 Å². The van der Waals surface area contributed by atoms with Gasteiger partial charge >= 0.3 is 0 Å². The highest BCUT2D eigenvalue weighted by Gasteiger charge is 2.17. The van der Waals surface area contributed by atoms with Gasteiger partial charge in [-0.1, -0.05) is 6.92 Å². The lowest BCUT2D eigenvalue weighted by Crippen LogP contribution is -2.23. The average Bonchev–Trinajstić information content (AvgIpc) is 3.09. The molecule has 2 aromatic rings. The number of hydrogen-bond acceptors (Lipinski definition) is 4. The number of hydrogen-bond donors (Lipinski definition) is 1. The average molecular weight is 352 g/mol. The number of nitrogens with one attached hydrogen (secondary N) is 1. The van der Waals surface area contributed by atoms with Gasteiger partial charge in [-0.05, 0) is 46.1 Å². The molecule has 5 nitrogen and oxygen atoms in total. The summed E-state index contributed by atoms with van der Waals surface area (Å²) in [6.45, 7) is 5.25. The summed E-state index contributed by atoms with van der Waals surface area (Å²) in [5, 5.41) is 3.48. The lowest BCUT2D eigenvalue weighted by atomic mass is 10.1. The van der Waals surface area contributed by atoms with Gasteiger partial charge < -0.3 is 19.4 Å². The van der Waals surface area contributed by atoms with E-state index in [2.05, 4.69) is 43.8 Å². The van der Waals surface area contributed by atoms with Gasteiger partial charge in [0.1, 0.15) is 0 Å². The van der Waals surface area contributed by atoms with Crippen LogP contribution in [0.2, 0.25) is 0 Å². The molecule has 0 saturated heterocycles. The number of aromatic nitrogens is 2. The Bertz CT molecular complexity index is 601. The van der Waals surface area contributed by atoms with Crippen molar-refractivity contribution in [2.24, 2.45) is 5.92 Å². The van der Waals surface area contributed by atoms with Crippen LogP contribution in [-0.2, 0) is 13.1 Å². The highest BCUT2D eigenvalue weighted by atomic mass is 79.9. The third kappa shape index (κ3) is 3.57. The van der Waals surface area contributed by atoms with Crippen LogP contribution in [0.5, 0.6) is 11.5 Å². The lowest BCUT2D eigenvalue weighted by Gasteiger charge is -2.13. The van der Waals surface area contributed by atoms with Crippen molar-refractivity contribution in [3.63, 3.8) is 0 Å². The number of nitrogens with zero attached hydrogens (tertiary/aromatic N) is 2. The maximum absolute atomic E-state index is 5.43. The van der Waals surface area contributed by atoms with Crippen LogP contribution in [0.15, 0.2) is 35.3 Å². The van der Waals surface area contributed by atoms with Crippen LogP contribution < -0.4 is 14.8 Å². The summed E-state index contributed by atoms with van der Waals surface area (Å²) in [6.07, 6.45) is 5.65. The predicted molar refractivity (Wildman–Crippen MR) is 83.4 cm³/mol. The Balaban J connectivity index is 1.50. The van der Waals surface area contributed by atoms with E-state index in [-0.39, 0.29) is 0 Å². The molecule has 1 aliphatic heterocycles. The predicted octanol–water partition coefficient (Wildman–Crippen LogP) is 2.80. The number of halogens is 1. The third-order valence-corrected chi connectivity index (χ3v) is 3.98. The molecular weight excluding hydrogens is 334 g/mol. The zero-order valence-electron chi connectivity index (χ0n) is 11.9. The molecule has 112 valence electrons. The van der Waals surface area contributed by atoms with Crippen molar-refractivity contribution >= 4 is 15.9 Å². The van der Waals surface area contributed by atoms with Gasteiger partial charge in [-0.15, -0.1) is 0 Å². The number of imidazole rings is 1. The zero-order chi connectivity index (χ0) is 14.7. The number of rotatable bonds is 6. The van der Waals surface area contributed by atoms with Crippen molar-refractivity contribution in [3.8, 4) is 11.5 Å². The highest BCUT2D eigenvalue weighted by molar-refractivity contribution is 9.10. The van der Waals surface area contributed by atoms with Crippen molar-refractivity contribution in [3.05, 3.63) is 40.9 Å². The molecular formula is C15H18BrN3O2. The molecule has 0 spiro atoms. The van der Waals surface area contributed by atoms with E-state index in [1.807, 2.05) is 24.8 Å². The molecule has 1 N–H and O–H groups in total. The van der Waals surface area contributed by atoms with Gasteiger partial charge in [-0.2, -0.15) is 0 Å². The van der Waals surface area contributed by atoms with E-state index in [1.165, 1.54) is 5.56 Å². The quantitative estimate of drug-likeness (QED) is 0.869. The molecule has 3 rings (SSSR count). The first-order valence-electron chi connectivity index (χ1n) is 6.97. The second-order valence-electron chi connectivity index (χ2n) is 5.31. The molecule has 1 unspecified atom stereocenters. The van der Waals surface area contributed by atoms with Crippen LogP contribution in [0.1, 0.15) is 12.5 Å². The molecule has 1 aromatic carbocycles. The van der Waals surface area contributed by atoms with E-state index in [0.29, 0.717) is 12.7 Å². The van der Waals surface area contributed by atoms with Crippen LogP contribution in [0, 0.1) is 5.92 Å². The number of ether oxygens (including phenoxy) is 2. The first kappa shape index (κ1) is 14.4. The minimum Gasteiger partial charge on any atom is -0.454 e. The first-order valence-corrected chi connectivity index (χ1v) is 7.76. The summed E-state index contributed by atoms with van der Waals surface area (Å²) in [4.78, 5) is 4.06. The summed E-state index contributed by atoms with van der Waals surface area (Å²) in [6, 6.07) is 4.10. The van der Waals surface area contributed by atoms with Gasteiger partial charge in [-0.25, -0.2) is 4.98 Å². The minimum atomic E-state index is 0.298. The van der Waals surface area contributed by atoms with Crippen molar-refractivity contribution in [1.82, 2.24) is 14.9 Å². The molecule has 1 aromatic heterocycles. The van der Waals surface area contributed by atoms with Crippen molar-refractivity contribution in [2.75, 3.05) is 13.3 Å². The van der Waals surface area contributed by atoms with Crippen LogP contribution in [-0.4, -0.2) is 22.9 Å². The Morgan fingerprint density at radius 3 is 3.14 bits per heavy atom. The Morgan fingerprint density at radius 1 is 1.43 bits per heavy atom. The lowest BCUT2D eigenvalue weighted by molar-refractivity contribution is 0.173. The molecule has 6 heteroatoms. The van der Waals surface area contributed by atoms with Crippen LogP contribution in [0.3, 0.4) is 0 Å². The molecule has 0 fully saturated rings. The monoisotopic (exact) mass is 351 g/mol. The van der Waals surface area contributed by atoms with Crippen LogP contribution in [0.25, 0.3) is 0 Å². The minimum absolute atomic E-state index is 0.298. The third-order valence-electron chi connectivity index (χ3n) is 3.39. The second-order valence-corrected chi connectivity index (χ2v) is 6.16. The maximum atomic E-state index is 5.43. The van der Waals surface area contributed by atoms with Gasteiger partial charge in [0.25, 0.3) is 0 Å².